The third-order valence-electron chi connectivity index (χ3n) is 4.41. The van der Waals surface area contributed by atoms with Gasteiger partial charge in [0.05, 0.1) is 24.2 Å². The van der Waals surface area contributed by atoms with E-state index in [2.05, 4.69) is 18.1 Å². The number of ether oxygens (including phenoxy) is 1. The Hall–Kier alpha value is -2.66. The first kappa shape index (κ1) is 19.1. The minimum Gasteiger partial charge on any atom is -0.496 e. The summed E-state index contributed by atoms with van der Waals surface area (Å²) in [6.07, 6.45) is 4.45. The SMILES string of the molecule is CCc1ccc(C(=O)/C=C/c2ccc(OC)c(Cn3nc(C)cc3C)c2)s1. The van der Waals surface area contributed by atoms with Crippen LogP contribution in [0.5, 0.6) is 5.75 Å². The van der Waals surface area contributed by atoms with Crippen molar-refractivity contribution in [2.45, 2.75) is 33.7 Å². The van der Waals surface area contributed by atoms with E-state index < -0.39 is 0 Å². The first-order valence-corrected chi connectivity index (χ1v) is 9.81. The Balaban J connectivity index is 1.81. The van der Waals surface area contributed by atoms with Gasteiger partial charge in [0, 0.05) is 16.1 Å². The molecule has 3 aromatic rings. The van der Waals surface area contributed by atoms with E-state index in [9.17, 15) is 4.79 Å². The Morgan fingerprint density at radius 3 is 2.67 bits per heavy atom. The van der Waals surface area contributed by atoms with E-state index in [0.717, 1.165) is 39.6 Å². The Morgan fingerprint density at radius 1 is 1.22 bits per heavy atom. The van der Waals surface area contributed by atoms with Crippen molar-refractivity contribution >= 4 is 23.2 Å². The van der Waals surface area contributed by atoms with Gasteiger partial charge in [-0.15, -0.1) is 11.3 Å². The fourth-order valence-corrected chi connectivity index (χ4v) is 3.84. The molecule has 4 nitrogen and oxygen atoms in total. The number of ketones is 1. The molecule has 0 aliphatic rings. The smallest absolute Gasteiger partial charge is 0.195 e. The van der Waals surface area contributed by atoms with Crippen molar-refractivity contribution in [1.29, 1.82) is 0 Å². The van der Waals surface area contributed by atoms with Crippen molar-refractivity contribution in [3.63, 3.8) is 0 Å². The predicted octanol–water partition coefficient (Wildman–Crippen LogP) is 5.08. The predicted molar refractivity (Wildman–Crippen MR) is 111 cm³/mol. The topological polar surface area (TPSA) is 44.1 Å². The number of carbonyl (C=O) groups is 1. The van der Waals surface area contributed by atoms with Gasteiger partial charge in [0.15, 0.2) is 5.78 Å². The Morgan fingerprint density at radius 2 is 2.04 bits per heavy atom. The van der Waals surface area contributed by atoms with Crippen LogP contribution in [0.15, 0.2) is 42.5 Å². The van der Waals surface area contributed by atoms with Crippen LogP contribution >= 0.6 is 11.3 Å². The molecule has 0 unspecified atom stereocenters. The Kier molecular flexibility index (Phi) is 5.91. The van der Waals surface area contributed by atoms with Gasteiger partial charge in [-0.1, -0.05) is 19.1 Å². The lowest BCUT2D eigenvalue weighted by molar-refractivity contribution is 0.105. The summed E-state index contributed by atoms with van der Waals surface area (Å²) in [6, 6.07) is 11.9. The minimum absolute atomic E-state index is 0.0376. The number of aryl methyl sites for hydroxylation is 3. The van der Waals surface area contributed by atoms with Gasteiger partial charge in [-0.25, -0.2) is 0 Å². The zero-order valence-corrected chi connectivity index (χ0v) is 17.0. The first-order valence-electron chi connectivity index (χ1n) is 8.99. The van der Waals surface area contributed by atoms with Crippen LogP contribution in [0.1, 0.15) is 44.0 Å². The normalized spacial score (nSPS) is 11.3. The third-order valence-corrected chi connectivity index (χ3v) is 5.65. The van der Waals surface area contributed by atoms with E-state index in [1.807, 2.05) is 54.9 Å². The monoisotopic (exact) mass is 380 g/mol. The molecule has 1 aromatic carbocycles. The van der Waals surface area contributed by atoms with Gasteiger partial charge in [-0.3, -0.25) is 9.48 Å². The van der Waals surface area contributed by atoms with Crippen LogP contribution in [-0.2, 0) is 13.0 Å². The van der Waals surface area contributed by atoms with Crippen LogP contribution in [0, 0.1) is 13.8 Å². The van der Waals surface area contributed by atoms with Crippen molar-refractivity contribution in [2.75, 3.05) is 7.11 Å². The summed E-state index contributed by atoms with van der Waals surface area (Å²) in [5, 5.41) is 4.53. The lowest BCUT2D eigenvalue weighted by Crippen LogP contribution is -2.05. The number of nitrogens with zero attached hydrogens (tertiary/aromatic N) is 2. The molecule has 0 N–H and O–H groups in total. The van der Waals surface area contributed by atoms with Crippen molar-refractivity contribution in [1.82, 2.24) is 9.78 Å². The maximum atomic E-state index is 12.4. The van der Waals surface area contributed by atoms with E-state index in [0.29, 0.717) is 6.54 Å². The van der Waals surface area contributed by atoms with Gasteiger partial charge in [0.2, 0.25) is 0 Å². The van der Waals surface area contributed by atoms with Gasteiger partial charge in [-0.05, 0) is 62.2 Å². The second kappa shape index (κ2) is 8.35. The van der Waals surface area contributed by atoms with E-state index in [1.54, 1.807) is 24.5 Å². The molecule has 0 saturated carbocycles. The molecule has 0 spiro atoms. The first-order chi connectivity index (χ1) is 13.0. The molecule has 0 atom stereocenters. The number of carbonyl (C=O) groups excluding carboxylic acids is 1. The van der Waals surface area contributed by atoms with Crippen LogP contribution in [0.4, 0.5) is 0 Å². The molecular weight excluding hydrogens is 356 g/mol. The molecule has 27 heavy (non-hydrogen) atoms. The summed E-state index contributed by atoms with van der Waals surface area (Å²) in [4.78, 5) is 14.4. The maximum Gasteiger partial charge on any atom is 0.195 e. The number of rotatable bonds is 7. The van der Waals surface area contributed by atoms with Crippen LogP contribution in [-0.4, -0.2) is 22.7 Å². The minimum atomic E-state index is 0.0376. The highest BCUT2D eigenvalue weighted by Gasteiger charge is 2.09. The zero-order valence-electron chi connectivity index (χ0n) is 16.2. The largest absolute Gasteiger partial charge is 0.496 e. The zero-order chi connectivity index (χ0) is 19.4. The lowest BCUT2D eigenvalue weighted by Gasteiger charge is -2.11. The van der Waals surface area contributed by atoms with E-state index in [4.69, 9.17) is 4.74 Å². The maximum absolute atomic E-state index is 12.4. The molecular formula is C22H24N2O2S. The molecule has 5 heteroatoms. The molecule has 3 rings (SSSR count). The van der Waals surface area contributed by atoms with Crippen LogP contribution < -0.4 is 4.74 Å². The number of hydrogen-bond donors (Lipinski definition) is 0. The molecule has 2 heterocycles. The van der Waals surface area contributed by atoms with Gasteiger partial charge in [0.25, 0.3) is 0 Å². The van der Waals surface area contributed by atoms with Gasteiger partial charge in [-0.2, -0.15) is 5.10 Å². The number of allylic oxidation sites excluding steroid dienone is 1. The highest BCUT2D eigenvalue weighted by molar-refractivity contribution is 7.14. The highest BCUT2D eigenvalue weighted by Crippen LogP contribution is 2.23. The second-order valence-corrected chi connectivity index (χ2v) is 7.64. The molecule has 0 bridgehead atoms. The molecule has 0 aliphatic heterocycles. The number of thiophene rings is 1. The fraction of sp³-hybridized carbons (Fsp3) is 0.273. The van der Waals surface area contributed by atoms with E-state index in [1.165, 1.54) is 4.88 Å². The van der Waals surface area contributed by atoms with Crippen LogP contribution in [0.25, 0.3) is 6.08 Å². The number of hydrogen-bond acceptors (Lipinski definition) is 4. The number of benzene rings is 1. The molecule has 140 valence electrons. The average molecular weight is 381 g/mol. The van der Waals surface area contributed by atoms with Crippen molar-refractivity contribution < 1.29 is 9.53 Å². The quantitative estimate of drug-likeness (QED) is 0.424. The molecule has 0 aliphatic carbocycles. The number of methoxy groups -OCH3 is 1. The van der Waals surface area contributed by atoms with Crippen molar-refractivity contribution in [3.8, 4) is 5.75 Å². The summed E-state index contributed by atoms with van der Waals surface area (Å²) >= 11 is 1.56. The second-order valence-electron chi connectivity index (χ2n) is 6.47. The molecule has 0 fully saturated rings. The summed E-state index contributed by atoms with van der Waals surface area (Å²) < 4.78 is 7.46. The Bertz CT molecular complexity index is 982. The van der Waals surface area contributed by atoms with E-state index >= 15 is 0 Å². The standard InChI is InChI=1S/C22H24N2O2S/c1-5-19-8-11-22(27-19)20(25)9-6-17-7-10-21(26-4)18(13-17)14-24-16(3)12-15(2)23-24/h6-13H,5,14H2,1-4H3/b9-6+. The summed E-state index contributed by atoms with van der Waals surface area (Å²) in [5.41, 5.74) is 4.10. The molecule has 0 saturated heterocycles. The molecule has 2 aromatic heterocycles. The van der Waals surface area contributed by atoms with E-state index in [-0.39, 0.29) is 5.78 Å². The molecule has 0 amide bonds. The van der Waals surface area contributed by atoms with Crippen LogP contribution in [0.2, 0.25) is 0 Å². The van der Waals surface area contributed by atoms with Gasteiger partial charge in [0.1, 0.15) is 5.75 Å². The lowest BCUT2D eigenvalue weighted by atomic mass is 10.1. The van der Waals surface area contributed by atoms with Gasteiger partial charge >= 0.3 is 0 Å². The summed E-state index contributed by atoms with van der Waals surface area (Å²) in [7, 11) is 1.67. The van der Waals surface area contributed by atoms with Crippen LogP contribution in [0.3, 0.4) is 0 Å². The average Bonchev–Trinajstić information content (AvgIpc) is 3.26. The third kappa shape index (κ3) is 4.55. The summed E-state index contributed by atoms with van der Waals surface area (Å²) in [6.45, 7) is 6.75. The highest BCUT2D eigenvalue weighted by atomic mass is 32.1. The van der Waals surface area contributed by atoms with Crippen molar-refractivity contribution in [2.24, 2.45) is 0 Å². The Labute approximate surface area is 164 Å². The molecule has 0 radical (unpaired) electrons. The summed E-state index contributed by atoms with van der Waals surface area (Å²) in [5.74, 6) is 0.854. The fourth-order valence-electron chi connectivity index (χ4n) is 2.98. The van der Waals surface area contributed by atoms with Gasteiger partial charge < -0.3 is 4.74 Å². The number of aromatic nitrogens is 2. The van der Waals surface area contributed by atoms with Crippen molar-refractivity contribution in [3.05, 3.63) is 74.7 Å².